The monoisotopic (exact) mass is 293 g/mol. The Labute approximate surface area is 122 Å². The van der Waals surface area contributed by atoms with E-state index in [2.05, 4.69) is 0 Å². The molecular formula is C15H19NO5. The van der Waals surface area contributed by atoms with E-state index in [1.807, 2.05) is 18.2 Å². The van der Waals surface area contributed by atoms with Crippen molar-refractivity contribution in [3.63, 3.8) is 0 Å². The maximum Gasteiger partial charge on any atom is 0.352 e. The highest BCUT2D eigenvalue weighted by Crippen LogP contribution is 2.25. The summed E-state index contributed by atoms with van der Waals surface area (Å²) in [6.45, 7) is 1.91. The summed E-state index contributed by atoms with van der Waals surface area (Å²) in [4.78, 5) is 11.3. The van der Waals surface area contributed by atoms with Crippen LogP contribution in [0.1, 0.15) is 10.5 Å². The molecule has 0 unspecified atom stereocenters. The van der Waals surface area contributed by atoms with E-state index >= 15 is 0 Å². The van der Waals surface area contributed by atoms with Crippen LogP contribution in [0.2, 0.25) is 0 Å². The first-order chi connectivity index (χ1) is 10.2. The number of fused-ring (bicyclic) bond motifs is 1. The summed E-state index contributed by atoms with van der Waals surface area (Å²) in [5, 5.41) is 10.1. The van der Waals surface area contributed by atoms with Crippen LogP contribution in [0.3, 0.4) is 0 Å². The van der Waals surface area contributed by atoms with E-state index in [9.17, 15) is 9.90 Å². The molecule has 21 heavy (non-hydrogen) atoms. The molecule has 2 rings (SSSR count). The van der Waals surface area contributed by atoms with E-state index in [0.29, 0.717) is 32.1 Å². The van der Waals surface area contributed by atoms with Gasteiger partial charge in [0.1, 0.15) is 18.1 Å². The van der Waals surface area contributed by atoms with Gasteiger partial charge < -0.3 is 23.9 Å². The minimum absolute atomic E-state index is 0.246. The summed E-state index contributed by atoms with van der Waals surface area (Å²) in [5.74, 6) is -0.260. The lowest BCUT2D eigenvalue weighted by molar-refractivity contribution is 0.0683. The number of hydrogen-bond donors (Lipinski definition) is 1. The van der Waals surface area contributed by atoms with E-state index in [0.717, 1.165) is 10.9 Å². The molecule has 0 atom stereocenters. The third kappa shape index (κ3) is 3.53. The van der Waals surface area contributed by atoms with Gasteiger partial charge in [-0.2, -0.15) is 0 Å². The number of nitrogens with zero attached hydrogens (tertiary/aromatic N) is 1. The van der Waals surface area contributed by atoms with Crippen LogP contribution in [0.4, 0.5) is 0 Å². The Balaban J connectivity index is 2.32. The van der Waals surface area contributed by atoms with Crippen molar-refractivity contribution in [1.29, 1.82) is 0 Å². The minimum Gasteiger partial charge on any atom is -0.491 e. The van der Waals surface area contributed by atoms with Gasteiger partial charge in [-0.1, -0.05) is 0 Å². The number of ether oxygens (including phenoxy) is 3. The first-order valence-electron chi connectivity index (χ1n) is 6.64. The first-order valence-corrected chi connectivity index (χ1v) is 6.64. The molecule has 0 aliphatic carbocycles. The van der Waals surface area contributed by atoms with E-state index in [1.165, 1.54) is 0 Å². The van der Waals surface area contributed by atoms with Crippen molar-refractivity contribution >= 4 is 16.9 Å². The highest BCUT2D eigenvalue weighted by molar-refractivity contribution is 5.95. The lowest BCUT2D eigenvalue weighted by atomic mass is 10.2. The molecule has 0 aliphatic heterocycles. The summed E-state index contributed by atoms with van der Waals surface area (Å²) in [6, 6.07) is 7.17. The van der Waals surface area contributed by atoms with Crippen LogP contribution in [0.25, 0.3) is 10.9 Å². The van der Waals surface area contributed by atoms with Gasteiger partial charge in [-0.25, -0.2) is 4.79 Å². The standard InChI is InChI=1S/C15H19NO5/c1-19-6-5-16-13-4-3-12(21-8-7-20-2)9-11(13)10-14(16)15(17)18/h3-4,9-10H,5-8H2,1-2H3,(H,17,18). The van der Waals surface area contributed by atoms with Crippen molar-refractivity contribution < 1.29 is 24.1 Å². The van der Waals surface area contributed by atoms with Gasteiger partial charge in [0.2, 0.25) is 0 Å². The summed E-state index contributed by atoms with van der Waals surface area (Å²) in [6.07, 6.45) is 0. The van der Waals surface area contributed by atoms with Gasteiger partial charge in [-0.3, -0.25) is 0 Å². The van der Waals surface area contributed by atoms with Gasteiger partial charge in [0, 0.05) is 31.7 Å². The number of benzene rings is 1. The Kier molecular flexibility index (Phi) is 5.19. The van der Waals surface area contributed by atoms with Crippen LogP contribution in [0, 0.1) is 0 Å². The van der Waals surface area contributed by atoms with Gasteiger partial charge in [0.05, 0.1) is 13.2 Å². The summed E-state index contributed by atoms with van der Waals surface area (Å²) >= 11 is 0. The molecule has 1 N–H and O–H groups in total. The normalized spacial score (nSPS) is 11.0. The lowest BCUT2D eigenvalue weighted by Gasteiger charge is -2.08. The van der Waals surface area contributed by atoms with Crippen molar-refractivity contribution in [2.75, 3.05) is 34.0 Å². The van der Waals surface area contributed by atoms with Gasteiger partial charge in [-0.05, 0) is 24.3 Å². The first kappa shape index (κ1) is 15.3. The number of carboxylic acid groups (broad SMARTS) is 1. The number of carboxylic acids is 1. The van der Waals surface area contributed by atoms with Crippen LogP contribution >= 0.6 is 0 Å². The average Bonchev–Trinajstić information content (AvgIpc) is 2.83. The summed E-state index contributed by atoms with van der Waals surface area (Å²) in [7, 11) is 3.20. The Morgan fingerprint density at radius 2 is 1.90 bits per heavy atom. The predicted octanol–water partition coefficient (Wildman–Crippen LogP) is 2.01. The highest BCUT2D eigenvalue weighted by atomic mass is 16.5. The Bertz CT molecular complexity index is 620. The second-order valence-corrected chi connectivity index (χ2v) is 4.54. The molecule has 0 amide bonds. The molecule has 6 nitrogen and oxygen atoms in total. The number of aromatic carboxylic acids is 1. The number of carbonyl (C=O) groups is 1. The SMILES string of the molecule is COCCOc1ccc2c(c1)cc(C(=O)O)n2CCOC. The lowest BCUT2D eigenvalue weighted by Crippen LogP contribution is -2.11. The summed E-state index contributed by atoms with van der Waals surface area (Å²) in [5.41, 5.74) is 1.10. The molecule has 114 valence electrons. The molecule has 0 saturated heterocycles. The fourth-order valence-corrected chi connectivity index (χ4v) is 2.18. The molecule has 0 fully saturated rings. The molecular weight excluding hydrogens is 274 g/mol. The Morgan fingerprint density at radius 1 is 1.14 bits per heavy atom. The number of aromatic nitrogens is 1. The van der Waals surface area contributed by atoms with Crippen molar-refractivity contribution in [3.8, 4) is 5.75 Å². The quantitative estimate of drug-likeness (QED) is 0.754. The van der Waals surface area contributed by atoms with Gasteiger partial charge >= 0.3 is 5.97 Å². The zero-order chi connectivity index (χ0) is 15.2. The van der Waals surface area contributed by atoms with Crippen LogP contribution in [0.5, 0.6) is 5.75 Å². The number of hydrogen-bond acceptors (Lipinski definition) is 4. The van der Waals surface area contributed by atoms with Crippen molar-refractivity contribution in [3.05, 3.63) is 30.0 Å². The van der Waals surface area contributed by atoms with E-state index in [4.69, 9.17) is 14.2 Å². The molecule has 0 radical (unpaired) electrons. The molecule has 6 heteroatoms. The predicted molar refractivity (Wildman–Crippen MR) is 78.1 cm³/mol. The fourth-order valence-electron chi connectivity index (χ4n) is 2.18. The van der Waals surface area contributed by atoms with Crippen molar-refractivity contribution in [2.24, 2.45) is 0 Å². The van der Waals surface area contributed by atoms with Crippen molar-refractivity contribution in [1.82, 2.24) is 4.57 Å². The van der Waals surface area contributed by atoms with Gasteiger partial charge in [-0.15, -0.1) is 0 Å². The maximum absolute atomic E-state index is 11.3. The largest absolute Gasteiger partial charge is 0.491 e. The fraction of sp³-hybridized carbons (Fsp3) is 0.400. The number of rotatable bonds is 8. The summed E-state index contributed by atoms with van der Waals surface area (Å²) < 4.78 is 17.2. The van der Waals surface area contributed by atoms with Crippen LogP contribution in [-0.4, -0.2) is 49.7 Å². The highest BCUT2D eigenvalue weighted by Gasteiger charge is 2.14. The number of methoxy groups -OCH3 is 2. The molecule has 0 saturated carbocycles. The average molecular weight is 293 g/mol. The van der Waals surface area contributed by atoms with Crippen molar-refractivity contribution in [2.45, 2.75) is 6.54 Å². The molecule has 1 heterocycles. The van der Waals surface area contributed by atoms with Crippen LogP contribution < -0.4 is 4.74 Å². The van der Waals surface area contributed by atoms with Gasteiger partial charge in [0.25, 0.3) is 0 Å². The molecule has 0 bridgehead atoms. The zero-order valence-corrected chi connectivity index (χ0v) is 12.2. The van der Waals surface area contributed by atoms with E-state index < -0.39 is 5.97 Å². The minimum atomic E-state index is -0.954. The molecule has 0 spiro atoms. The van der Waals surface area contributed by atoms with Crippen LogP contribution in [-0.2, 0) is 16.0 Å². The Hall–Kier alpha value is -2.05. The smallest absolute Gasteiger partial charge is 0.352 e. The molecule has 1 aromatic heterocycles. The van der Waals surface area contributed by atoms with Gasteiger partial charge in [0.15, 0.2) is 0 Å². The topological polar surface area (TPSA) is 69.9 Å². The third-order valence-corrected chi connectivity index (χ3v) is 3.17. The zero-order valence-electron chi connectivity index (χ0n) is 12.2. The molecule has 0 aliphatic rings. The van der Waals surface area contributed by atoms with E-state index in [1.54, 1.807) is 24.9 Å². The second-order valence-electron chi connectivity index (χ2n) is 4.54. The van der Waals surface area contributed by atoms with Crippen LogP contribution in [0.15, 0.2) is 24.3 Å². The second kappa shape index (κ2) is 7.10. The molecule has 2 aromatic rings. The molecule has 1 aromatic carbocycles. The maximum atomic E-state index is 11.3. The van der Waals surface area contributed by atoms with E-state index in [-0.39, 0.29) is 5.69 Å². The Morgan fingerprint density at radius 3 is 2.57 bits per heavy atom. The third-order valence-electron chi connectivity index (χ3n) is 3.17.